The monoisotopic (exact) mass is 300 g/mol. The van der Waals surface area contributed by atoms with Crippen LogP contribution in [0.5, 0.6) is 0 Å². The molecule has 0 spiro atoms. The van der Waals surface area contributed by atoms with Crippen molar-refractivity contribution >= 4 is 28.3 Å². The summed E-state index contributed by atoms with van der Waals surface area (Å²) in [5, 5.41) is 22.1. The van der Waals surface area contributed by atoms with E-state index in [0.29, 0.717) is 29.6 Å². The Balaban J connectivity index is 2.25. The molecule has 3 N–H and O–H groups in total. The maximum absolute atomic E-state index is 12.0. The number of aliphatic hydroxyl groups excluding tert-OH is 2. The minimum Gasteiger partial charge on any atom is -0.395 e. The van der Waals surface area contributed by atoms with Gasteiger partial charge in [-0.25, -0.2) is 0 Å². The van der Waals surface area contributed by atoms with Crippen molar-refractivity contribution in [3.63, 3.8) is 0 Å². The molecule has 1 heterocycles. The lowest BCUT2D eigenvalue weighted by Crippen LogP contribution is -2.35. The fourth-order valence-corrected chi connectivity index (χ4v) is 2.88. The Kier molecular flexibility index (Phi) is 3.79. The molecule has 2 aromatic carbocycles. The van der Waals surface area contributed by atoms with Crippen molar-refractivity contribution in [2.75, 3.05) is 31.2 Å². The van der Waals surface area contributed by atoms with Gasteiger partial charge in [0.05, 0.1) is 13.2 Å². The highest BCUT2D eigenvalue weighted by molar-refractivity contribution is 6.26. The first-order chi connectivity index (χ1) is 10.7. The van der Waals surface area contributed by atoms with E-state index in [-0.39, 0.29) is 13.2 Å². The third-order valence-corrected chi connectivity index (χ3v) is 3.81. The molecule has 3 rings (SSSR count). The Morgan fingerprint density at radius 2 is 1.55 bits per heavy atom. The van der Waals surface area contributed by atoms with Crippen LogP contribution in [0.3, 0.4) is 0 Å². The van der Waals surface area contributed by atoms with Crippen LogP contribution in [0.25, 0.3) is 10.8 Å². The van der Waals surface area contributed by atoms with Crippen LogP contribution < -0.4 is 10.2 Å². The predicted molar refractivity (Wildman–Crippen MR) is 82.1 cm³/mol. The summed E-state index contributed by atoms with van der Waals surface area (Å²) in [6, 6.07) is 8.73. The SMILES string of the molecule is O=C1NC(=O)c2ccc(N(CCO)CCO)c3cccc1c23. The van der Waals surface area contributed by atoms with Crippen molar-refractivity contribution in [2.24, 2.45) is 0 Å². The van der Waals surface area contributed by atoms with Gasteiger partial charge in [0.15, 0.2) is 0 Å². The van der Waals surface area contributed by atoms with Crippen LogP contribution in [0.1, 0.15) is 20.7 Å². The van der Waals surface area contributed by atoms with Gasteiger partial charge in [-0.1, -0.05) is 12.1 Å². The maximum Gasteiger partial charge on any atom is 0.258 e. The van der Waals surface area contributed by atoms with Crippen molar-refractivity contribution < 1.29 is 19.8 Å². The van der Waals surface area contributed by atoms with Gasteiger partial charge in [0.25, 0.3) is 11.8 Å². The molecule has 1 aliphatic rings. The molecule has 6 heteroatoms. The number of hydrogen-bond donors (Lipinski definition) is 3. The lowest BCUT2D eigenvalue weighted by molar-refractivity contribution is 0.0845. The molecule has 0 atom stereocenters. The topological polar surface area (TPSA) is 89.9 Å². The molecule has 0 saturated heterocycles. The number of carbonyl (C=O) groups excluding carboxylic acids is 2. The number of benzene rings is 2. The minimum absolute atomic E-state index is 0.0532. The highest BCUT2D eigenvalue weighted by Crippen LogP contribution is 2.33. The van der Waals surface area contributed by atoms with Gasteiger partial charge in [0.2, 0.25) is 0 Å². The van der Waals surface area contributed by atoms with E-state index in [0.717, 1.165) is 11.1 Å². The van der Waals surface area contributed by atoms with Crippen LogP contribution in [0, 0.1) is 0 Å². The molecular weight excluding hydrogens is 284 g/mol. The first-order valence-corrected chi connectivity index (χ1v) is 7.05. The number of carbonyl (C=O) groups is 2. The number of aliphatic hydroxyl groups is 2. The van der Waals surface area contributed by atoms with E-state index in [9.17, 15) is 19.8 Å². The van der Waals surface area contributed by atoms with E-state index in [1.807, 2.05) is 11.0 Å². The molecule has 0 aromatic heterocycles. The Hall–Kier alpha value is -2.44. The van der Waals surface area contributed by atoms with E-state index < -0.39 is 11.8 Å². The fourth-order valence-electron chi connectivity index (χ4n) is 2.88. The summed E-state index contributed by atoms with van der Waals surface area (Å²) in [5.74, 6) is -0.813. The second kappa shape index (κ2) is 5.75. The largest absolute Gasteiger partial charge is 0.395 e. The van der Waals surface area contributed by atoms with Crippen LogP contribution in [0.4, 0.5) is 5.69 Å². The van der Waals surface area contributed by atoms with Gasteiger partial charge in [-0.15, -0.1) is 0 Å². The zero-order valence-corrected chi connectivity index (χ0v) is 11.9. The van der Waals surface area contributed by atoms with Crippen molar-refractivity contribution in [2.45, 2.75) is 0 Å². The molecular formula is C16H16N2O4. The van der Waals surface area contributed by atoms with Crippen molar-refractivity contribution in [1.29, 1.82) is 0 Å². The molecule has 2 aromatic rings. The fraction of sp³-hybridized carbons (Fsp3) is 0.250. The highest BCUT2D eigenvalue weighted by Gasteiger charge is 2.26. The van der Waals surface area contributed by atoms with Gasteiger partial charge in [0.1, 0.15) is 0 Å². The van der Waals surface area contributed by atoms with Crippen LogP contribution in [-0.2, 0) is 0 Å². The van der Waals surface area contributed by atoms with Gasteiger partial charge in [0, 0.05) is 40.7 Å². The summed E-state index contributed by atoms with van der Waals surface area (Å²) < 4.78 is 0. The van der Waals surface area contributed by atoms with E-state index in [2.05, 4.69) is 5.32 Å². The third kappa shape index (κ3) is 2.22. The highest BCUT2D eigenvalue weighted by atomic mass is 16.3. The molecule has 0 unspecified atom stereocenters. The average Bonchev–Trinajstić information content (AvgIpc) is 2.52. The molecule has 0 radical (unpaired) electrons. The summed E-state index contributed by atoms with van der Waals surface area (Å²) in [6.45, 7) is 0.615. The molecule has 22 heavy (non-hydrogen) atoms. The number of amides is 2. The van der Waals surface area contributed by atoms with Gasteiger partial charge in [-0.2, -0.15) is 0 Å². The van der Waals surface area contributed by atoms with Crippen molar-refractivity contribution in [1.82, 2.24) is 5.32 Å². The summed E-state index contributed by atoms with van der Waals surface area (Å²) in [7, 11) is 0. The number of hydrogen-bond acceptors (Lipinski definition) is 5. The van der Waals surface area contributed by atoms with Gasteiger partial charge in [-0.3, -0.25) is 14.9 Å². The van der Waals surface area contributed by atoms with Crippen LogP contribution in [-0.4, -0.2) is 48.3 Å². The zero-order valence-electron chi connectivity index (χ0n) is 11.9. The quantitative estimate of drug-likeness (QED) is 0.700. The molecule has 114 valence electrons. The number of nitrogens with zero attached hydrogens (tertiary/aromatic N) is 1. The summed E-state index contributed by atoms with van der Waals surface area (Å²) in [5.41, 5.74) is 1.70. The molecule has 0 saturated carbocycles. The number of rotatable bonds is 5. The van der Waals surface area contributed by atoms with E-state index in [1.165, 1.54) is 0 Å². The number of imide groups is 1. The van der Waals surface area contributed by atoms with E-state index in [1.54, 1.807) is 24.3 Å². The minimum atomic E-state index is -0.406. The molecule has 0 bridgehead atoms. The normalized spacial score (nSPS) is 13.4. The van der Waals surface area contributed by atoms with Gasteiger partial charge in [-0.05, 0) is 18.2 Å². The summed E-state index contributed by atoms with van der Waals surface area (Å²) in [4.78, 5) is 25.8. The molecule has 0 fully saturated rings. The number of nitrogens with one attached hydrogen (secondary N) is 1. The van der Waals surface area contributed by atoms with E-state index in [4.69, 9.17) is 0 Å². The van der Waals surface area contributed by atoms with Crippen LogP contribution in [0.15, 0.2) is 30.3 Å². The predicted octanol–water partition coefficient (Wildman–Crippen LogP) is 0.514. The Morgan fingerprint density at radius 3 is 2.18 bits per heavy atom. The first-order valence-electron chi connectivity index (χ1n) is 7.05. The van der Waals surface area contributed by atoms with Crippen molar-refractivity contribution in [3.8, 4) is 0 Å². The standard InChI is InChI=1S/C16H16N2O4/c19-8-6-18(7-9-20)13-5-4-12-14-10(13)2-1-3-11(14)15(21)17-16(12)22/h1-5,19-20H,6-9H2,(H,17,21,22). The molecule has 1 aliphatic heterocycles. The van der Waals surface area contributed by atoms with Crippen LogP contribution >= 0.6 is 0 Å². The Bertz CT molecular complexity index is 731. The smallest absolute Gasteiger partial charge is 0.258 e. The summed E-state index contributed by atoms with van der Waals surface area (Å²) in [6.07, 6.45) is 0. The van der Waals surface area contributed by atoms with Gasteiger partial charge >= 0.3 is 0 Å². The molecule has 6 nitrogen and oxygen atoms in total. The first kappa shape index (κ1) is 14.5. The number of anilines is 1. The summed E-state index contributed by atoms with van der Waals surface area (Å²) >= 11 is 0. The third-order valence-electron chi connectivity index (χ3n) is 3.81. The Morgan fingerprint density at radius 1 is 0.909 bits per heavy atom. The second-order valence-electron chi connectivity index (χ2n) is 5.08. The Labute approximate surface area is 127 Å². The van der Waals surface area contributed by atoms with E-state index >= 15 is 0 Å². The van der Waals surface area contributed by atoms with Crippen LogP contribution in [0.2, 0.25) is 0 Å². The zero-order chi connectivity index (χ0) is 15.7. The molecule has 0 aliphatic carbocycles. The maximum atomic E-state index is 12.0. The van der Waals surface area contributed by atoms with Gasteiger partial charge < -0.3 is 15.1 Å². The molecule has 2 amide bonds. The second-order valence-corrected chi connectivity index (χ2v) is 5.08. The average molecular weight is 300 g/mol. The lowest BCUT2D eigenvalue weighted by atomic mass is 9.94. The van der Waals surface area contributed by atoms with Crippen molar-refractivity contribution in [3.05, 3.63) is 41.5 Å². The lowest BCUT2D eigenvalue weighted by Gasteiger charge is -2.26.